The van der Waals surface area contributed by atoms with Crippen molar-refractivity contribution in [3.05, 3.63) is 52.6 Å². The number of nitrogens with zero attached hydrogens (tertiary/aromatic N) is 1. The molecule has 29 heavy (non-hydrogen) atoms. The maximum Gasteiger partial charge on any atom is 0.191 e. The summed E-state index contributed by atoms with van der Waals surface area (Å²) in [4.78, 5) is 4.31. The first-order valence-corrected chi connectivity index (χ1v) is 10.1. The highest BCUT2D eigenvalue weighted by Crippen LogP contribution is 2.30. The summed E-state index contributed by atoms with van der Waals surface area (Å²) < 4.78 is 10.6. The van der Waals surface area contributed by atoms with Crippen LogP contribution in [0.25, 0.3) is 0 Å². The molecule has 1 aliphatic carbocycles. The van der Waals surface area contributed by atoms with E-state index in [-0.39, 0.29) is 0 Å². The van der Waals surface area contributed by atoms with E-state index in [0.717, 1.165) is 54.4 Å². The number of hydrogen-bond acceptors (Lipinski definition) is 4. The Balaban J connectivity index is 1.56. The number of rotatable bonds is 7. The quantitative estimate of drug-likeness (QED) is 0.494. The van der Waals surface area contributed by atoms with E-state index in [4.69, 9.17) is 9.47 Å². The van der Waals surface area contributed by atoms with Gasteiger partial charge in [-0.1, -0.05) is 12.1 Å². The molecule has 2 aromatic carbocycles. The average molecular weight is 398 g/mol. The summed E-state index contributed by atoms with van der Waals surface area (Å²) >= 11 is 0. The van der Waals surface area contributed by atoms with E-state index >= 15 is 0 Å². The largest absolute Gasteiger partial charge is 0.508 e. The lowest BCUT2D eigenvalue weighted by Gasteiger charge is -2.21. The lowest BCUT2D eigenvalue weighted by molar-refractivity contribution is 0.354. The van der Waals surface area contributed by atoms with Gasteiger partial charge >= 0.3 is 0 Å². The zero-order valence-corrected chi connectivity index (χ0v) is 17.5. The molecule has 6 heteroatoms. The monoisotopic (exact) mass is 397 g/mol. The SMILES string of the molecule is CN=C(NCCc1ccc(OC)c(OC)c1)NCc1c(O)ccc2c1CCCC2. The number of aliphatic imine (C=N–C) groups is 1. The fourth-order valence-corrected chi connectivity index (χ4v) is 3.84. The predicted molar refractivity (Wildman–Crippen MR) is 116 cm³/mol. The summed E-state index contributed by atoms with van der Waals surface area (Å²) in [6.07, 6.45) is 5.37. The van der Waals surface area contributed by atoms with Gasteiger partial charge in [-0.3, -0.25) is 4.99 Å². The van der Waals surface area contributed by atoms with Crippen LogP contribution in [0.3, 0.4) is 0 Å². The lowest BCUT2D eigenvalue weighted by Crippen LogP contribution is -2.38. The summed E-state index contributed by atoms with van der Waals surface area (Å²) in [5, 5.41) is 17.0. The van der Waals surface area contributed by atoms with Crippen LogP contribution in [0.5, 0.6) is 17.2 Å². The van der Waals surface area contributed by atoms with Crippen LogP contribution in [0.1, 0.15) is 35.1 Å². The van der Waals surface area contributed by atoms with Gasteiger partial charge in [0, 0.05) is 25.7 Å². The van der Waals surface area contributed by atoms with E-state index in [9.17, 15) is 5.11 Å². The summed E-state index contributed by atoms with van der Waals surface area (Å²) in [5.74, 6) is 2.54. The van der Waals surface area contributed by atoms with Crippen molar-refractivity contribution in [1.29, 1.82) is 0 Å². The molecule has 6 nitrogen and oxygen atoms in total. The van der Waals surface area contributed by atoms with Crippen LogP contribution in [0.4, 0.5) is 0 Å². The van der Waals surface area contributed by atoms with Gasteiger partial charge in [-0.15, -0.1) is 0 Å². The first kappa shape index (κ1) is 20.8. The molecule has 0 saturated heterocycles. The summed E-state index contributed by atoms with van der Waals surface area (Å²) in [5.41, 5.74) is 4.80. The molecule has 0 aromatic heterocycles. The van der Waals surface area contributed by atoms with Crippen molar-refractivity contribution < 1.29 is 14.6 Å². The van der Waals surface area contributed by atoms with Gasteiger partial charge in [0.1, 0.15) is 5.75 Å². The predicted octanol–water partition coefficient (Wildman–Crippen LogP) is 3.20. The molecule has 3 N–H and O–H groups in total. The van der Waals surface area contributed by atoms with Crippen molar-refractivity contribution in [2.45, 2.75) is 38.6 Å². The Bertz CT molecular complexity index is 865. The third kappa shape index (κ3) is 5.13. The Kier molecular flexibility index (Phi) is 7.22. The average Bonchev–Trinajstić information content (AvgIpc) is 2.76. The zero-order valence-electron chi connectivity index (χ0n) is 17.5. The molecule has 1 aliphatic rings. The number of phenols is 1. The van der Waals surface area contributed by atoms with Crippen molar-refractivity contribution in [2.75, 3.05) is 27.8 Å². The molecule has 0 spiro atoms. The van der Waals surface area contributed by atoms with E-state index in [1.54, 1.807) is 21.3 Å². The molecule has 0 unspecified atom stereocenters. The topological polar surface area (TPSA) is 75.1 Å². The second kappa shape index (κ2) is 10.0. The maximum atomic E-state index is 10.3. The third-order valence-electron chi connectivity index (χ3n) is 5.44. The Morgan fingerprint density at radius 3 is 2.59 bits per heavy atom. The number of benzene rings is 2. The fraction of sp³-hybridized carbons (Fsp3) is 0.435. The molecule has 0 amide bonds. The first-order valence-electron chi connectivity index (χ1n) is 10.1. The lowest BCUT2D eigenvalue weighted by atomic mass is 9.88. The number of phenolic OH excluding ortho intramolecular Hbond substituents is 1. The molecule has 2 aromatic rings. The number of fused-ring (bicyclic) bond motifs is 1. The molecule has 0 heterocycles. The number of ether oxygens (including phenoxy) is 2. The number of hydrogen-bond donors (Lipinski definition) is 3. The number of aromatic hydroxyl groups is 1. The number of methoxy groups -OCH3 is 2. The molecule has 0 radical (unpaired) electrons. The van der Waals surface area contributed by atoms with E-state index in [0.29, 0.717) is 12.3 Å². The van der Waals surface area contributed by atoms with E-state index in [1.165, 1.54) is 24.0 Å². The van der Waals surface area contributed by atoms with Gasteiger partial charge < -0.3 is 25.2 Å². The Morgan fingerprint density at radius 2 is 1.83 bits per heavy atom. The van der Waals surface area contributed by atoms with Crippen molar-refractivity contribution in [3.63, 3.8) is 0 Å². The van der Waals surface area contributed by atoms with Crippen LogP contribution in [0.2, 0.25) is 0 Å². The first-order chi connectivity index (χ1) is 14.2. The molecular formula is C23H31N3O3. The highest BCUT2D eigenvalue weighted by Gasteiger charge is 2.16. The Morgan fingerprint density at radius 1 is 1.03 bits per heavy atom. The molecule has 3 rings (SSSR count). The van der Waals surface area contributed by atoms with Crippen LogP contribution in [-0.2, 0) is 25.8 Å². The van der Waals surface area contributed by atoms with Gasteiger partial charge in [-0.05, 0) is 67.0 Å². The second-order valence-corrected chi connectivity index (χ2v) is 7.20. The van der Waals surface area contributed by atoms with Gasteiger partial charge in [0.2, 0.25) is 0 Å². The Hall–Kier alpha value is -2.89. The molecule has 0 fully saturated rings. The summed E-state index contributed by atoms with van der Waals surface area (Å²) in [6.45, 7) is 1.29. The normalized spacial score (nSPS) is 13.6. The highest BCUT2D eigenvalue weighted by molar-refractivity contribution is 5.79. The van der Waals surface area contributed by atoms with Crippen molar-refractivity contribution in [2.24, 2.45) is 4.99 Å². The van der Waals surface area contributed by atoms with Crippen LogP contribution in [-0.4, -0.2) is 38.9 Å². The van der Waals surface area contributed by atoms with Gasteiger partial charge in [0.25, 0.3) is 0 Å². The Labute approximate surface area is 173 Å². The van der Waals surface area contributed by atoms with Crippen LogP contribution in [0, 0.1) is 0 Å². The summed E-state index contributed by atoms with van der Waals surface area (Å²) in [6, 6.07) is 9.82. The molecular weight excluding hydrogens is 366 g/mol. The smallest absolute Gasteiger partial charge is 0.191 e. The van der Waals surface area contributed by atoms with Crippen LogP contribution >= 0.6 is 0 Å². The molecule has 0 atom stereocenters. The second-order valence-electron chi connectivity index (χ2n) is 7.20. The van der Waals surface area contributed by atoms with E-state index < -0.39 is 0 Å². The molecule has 0 bridgehead atoms. The maximum absolute atomic E-state index is 10.3. The zero-order chi connectivity index (χ0) is 20.6. The van der Waals surface area contributed by atoms with Crippen molar-refractivity contribution >= 4 is 5.96 Å². The van der Waals surface area contributed by atoms with E-state index in [2.05, 4.69) is 21.7 Å². The third-order valence-corrected chi connectivity index (χ3v) is 5.44. The molecule has 156 valence electrons. The number of nitrogens with one attached hydrogen (secondary N) is 2. The standard InChI is InChI=1S/C23H31N3O3/c1-24-23(25-13-12-16-8-11-21(28-2)22(14-16)29-3)26-15-19-18-7-5-4-6-17(18)9-10-20(19)27/h8-11,14,27H,4-7,12-13,15H2,1-3H3,(H2,24,25,26). The minimum Gasteiger partial charge on any atom is -0.508 e. The van der Waals surface area contributed by atoms with Crippen molar-refractivity contribution in [1.82, 2.24) is 10.6 Å². The fourth-order valence-electron chi connectivity index (χ4n) is 3.84. The molecule has 0 saturated carbocycles. The molecule has 0 aliphatic heterocycles. The van der Waals surface area contributed by atoms with E-state index in [1.807, 2.05) is 24.3 Å². The van der Waals surface area contributed by atoms with Gasteiger partial charge in [0.15, 0.2) is 17.5 Å². The van der Waals surface area contributed by atoms with Gasteiger partial charge in [-0.25, -0.2) is 0 Å². The number of aryl methyl sites for hydroxylation is 1. The summed E-state index contributed by atoms with van der Waals surface area (Å²) in [7, 11) is 5.03. The minimum atomic E-state index is 0.360. The highest BCUT2D eigenvalue weighted by atomic mass is 16.5. The van der Waals surface area contributed by atoms with Crippen LogP contribution < -0.4 is 20.1 Å². The van der Waals surface area contributed by atoms with Crippen molar-refractivity contribution in [3.8, 4) is 17.2 Å². The van der Waals surface area contributed by atoms with Crippen LogP contribution in [0.15, 0.2) is 35.3 Å². The number of guanidine groups is 1. The van der Waals surface area contributed by atoms with Gasteiger partial charge in [0.05, 0.1) is 14.2 Å². The minimum absolute atomic E-state index is 0.360. The van der Waals surface area contributed by atoms with Gasteiger partial charge in [-0.2, -0.15) is 0 Å².